The van der Waals surface area contributed by atoms with Gasteiger partial charge in [-0.3, -0.25) is 19.7 Å². The van der Waals surface area contributed by atoms with Crippen molar-refractivity contribution in [1.82, 2.24) is 4.98 Å². The van der Waals surface area contributed by atoms with Crippen LogP contribution in [0.3, 0.4) is 0 Å². The molecule has 0 saturated heterocycles. The maximum absolute atomic E-state index is 12.8. The molecule has 3 rings (SSSR count). The number of nitro benzene ring substituents is 1. The topological polar surface area (TPSA) is 105 Å². The number of aromatic amines is 1. The number of fused-ring (bicyclic) bond motifs is 1. The van der Waals surface area contributed by atoms with Crippen molar-refractivity contribution >= 4 is 28.2 Å². The zero-order valence-corrected chi connectivity index (χ0v) is 13.3. The lowest BCUT2D eigenvalue weighted by Crippen LogP contribution is -2.22. The molecule has 0 unspecified atom stereocenters. The summed E-state index contributed by atoms with van der Waals surface area (Å²) in [7, 11) is 0. The summed E-state index contributed by atoms with van der Waals surface area (Å²) >= 11 is 0. The van der Waals surface area contributed by atoms with Crippen LogP contribution < -0.4 is 10.7 Å². The fourth-order valence-electron chi connectivity index (χ4n) is 2.46. The van der Waals surface area contributed by atoms with Crippen LogP contribution in [0.2, 0.25) is 0 Å². The zero-order valence-electron chi connectivity index (χ0n) is 13.3. The van der Waals surface area contributed by atoms with Crippen molar-refractivity contribution in [2.75, 3.05) is 5.32 Å². The van der Waals surface area contributed by atoms with Gasteiger partial charge in [0.25, 0.3) is 11.6 Å². The number of carbonyl (C=O) groups excluding carboxylic acids is 1. The van der Waals surface area contributed by atoms with Crippen molar-refractivity contribution in [3.8, 4) is 0 Å². The van der Waals surface area contributed by atoms with Crippen LogP contribution in [0, 0.1) is 10.1 Å². The third kappa shape index (κ3) is 3.64. The summed E-state index contributed by atoms with van der Waals surface area (Å²) < 4.78 is 38.3. The molecule has 1 heterocycles. The van der Waals surface area contributed by atoms with Crippen LogP contribution in [0.1, 0.15) is 15.9 Å². The van der Waals surface area contributed by atoms with Gasteiger partial charge in [-0.25, -0.2) is 0 Å². The first-order valence-electron chi connectivity index (χ1n) is 7.45. The number of aromatic nitrogens is 1. The first-order valence-corrected chi connectivity index (χ1v) is 7.45. The third-order valence-electron chi connectivity index (χ3n) is 3.77. The second kappa shape index (κ2) is 6.56. The minimum Gasteiger partial charge on any atom is -0.360 e. The number of amides is 1. The average Bonchev–Trinajstić information content (AvgIpc) is 2.61. The van der Waals surface area contributed by atoms with E-state index in [1.54, 1.807) is 0 Å². The molecule has 0 radical (unpaired) electrons. The summed E-state index contributed by atoms with van der Waals surface area (Å²) in [5.41, 5.74) is -2.25. The molecule has 0 atom stereocenters. The van der Waals surface area contributed by atoms with Gasteiger partial charge in [0.15, 0.2) is 0 Å². The number of anilines is 1. The minimum atomic E-state index is -4.57. The van der Waals surface area contributed by atoms with E-state index in [-0.39, 0.29) is 27.8 Å². The van der Waals surface area contributed by atoms with Gasteiger partial charge in [0, 0.05) is 34.9 Å². The Balaban J connectivity index is 1.96. The van der Waals surface area contributed by atoms with Crippen molar-refractivity contribution < 1.29 is 22.9 Å². The molecular weight excluding hydrogens is 367 g/mol. The highest BCUT2D eigenvalue weighted by atomic mass is 19.4. The van der Waals surface area contributed by atoms with Gasteiger partial charge in [-0.15, -0.1) is 0 Å². The van der Waals surface area contributed by atoms with Gasteiger partial charge in [-0.05, 0) is 24.3 Å². The summed E-state index contributed by atoms with van der Waals surface area (Å²) in [6.45, 7) is 0. The van der Waals surface area contributed by atoms with Crippen molar-refractivity contribution in [3.05, 3.63) is 80.1 Å². The van der Waals surface area contributed by atoms with Crippen LogP contribution in [0.15, 0.2) is 53.5 Å². The van der Waals surface area contributed by atoms with Gasteiger partial charge in [-0.2, -0.15) is 13.2 Å². The molecule has 0 saturated carbocycles. The number of nitrogens with one attached hydrogen (secondary N) is 2. The molecule has 2 N–H and O–H groups in total. The first-order chi connectivity index (χ1) is 12.7. The van der Waals surface area contributed by atoms with Gasteiger partial charge in [0.05, 0.1) is 10.5 Å². The van der Waals surface area contributed by atoms with Gasteiger partial charge >= 0.3 is 6.18 Å². The van der Waals surface area contributed by atoms with Gasteiger partial charge in [0.1, 0.15) is 5.56 Å². The number of nitro groups is 1. The predicted molar refractivity (Wildman–Crippen MR) is 90.6 cm³/mol. The van der Waals surface area contributed by atoms with E-state index in [1.165, 1.54) is 18.2 Å². The fraction of sp³-hybridized carbons (Fsp3) is 0.0588. The molecule has 7 nitrogen and oxygen atoms in total. The molecule has 138 valence electrons. The average molecular weight is 377 g/mol. The number of pyridine rings is 1. The molecule has 0 aliphatic heterocycles. The maximum Gasteiger partial charge on any atom is 0.416 e. The van der Waals surface area contributed by atoms with E-state index in [4.69, 9.17) is 0 Å². The number of alkyl halides is 3. The molecular formula is C17H10F3N3O4. The lowest BCUT2D eigenvalue weighted by Gasteiger charge is -2.09. The number of hydrogen-bond donors (Lipinski definition) is 2. The van der Waals surface area contributed by atoms with Crippen LogP contribution in [0.4, 0.5) is 24.5 Å². The molecule has 0 fully saturated rings. The van der Waals surface area contributed by atoms with Crippen molar-refractivity contribution in [3.63, 3.8) is 0 Å². The van der Waals surface area contributed by atoms with E-state index in [2.05, 4.69) is 10.3 Å². The summed E-state index contributed by atoms with van der Waals surface area (Å²) in [5, 5.41) is 13.0. The molecule has 2 aromatic carbocycles. The van der Waals surface area contributed by atoms with E-state index < -0.39 is 28.0 Å². The number of non-ortho nitro benzene ring substituents is 1. The number of benzene rings is 2. The Labute approximate surface area is 148 Å². The number of H-pyrrole nitrogens is 1. The number of rotatable bonds is 3. The number of carbonyl (C=O) groups is 1. The van der Waals surface area contributed by atoms with Crippen LogP contribution in [-0.2, 0) is 6.18 Å². The van der Waals surface area contributed by atoms with Crippen molar-refractivity contribution in [2.45, 2.75) is 6.18 Å². The monoisotopic (exact) mass is 377 g/mol. The van der Waals surface area contributed by atoms with E-state index in [0.29, 0.717) is 0 Å². The van der Waals surface area contributed by atoms with E-state index >= 15 is 0 Å². The Kier molecular flexibility index (Phi) is 4.40. The van der Waals surface area contributed by atoms with Crippen LogP contribution in [-0.4, -0.2) is 15.8 Å². The Morgan fingerprint density at radius 2 is 1.89 bits per heavy atom. The molecule has 3 aromatic rings. The van der Waals surface area contributed by atoms with E-state index in [1.807, 2.05) is 0 Å². The Morgan fingerprint density at radius 3 is 2.56 bits per heavy atom. The standard InChI is InChI=1S/C17H10F3N3O4/c18-17(19,20)9-4-5-12-14(6-9)21-8-13(15(12)24)16(25)22-10-2-1-3-11(7-10)23(26)27/h1-8H,(H,21,24)(H,22,25). The van der Waals surface area contributed by atoms with E-state index in [9.17, 15) is 32.9 Å². The highest BCUT2D eigenvalue weighted by Crippen LogP contribution is 2.30. The Hall–Kier alpha value is -3.69. The smallest absolute Gasteiger partial charge is 0.360 e. The summed E-state index contributed by atoms with van der Waals surface area (Å²) in [5.74, 6) is -0.849. The number of nitrogens with zero attached hydrogens (tertiary/aromatic N) is 1. The predicted octanol–water partition coefficient (Wildman–Crippen LogP) is 3.71. The van der Waals surface area contributed by atoms with Crippen molar-refractivity contribution in [2.24, 2.45) is 0 Å². The van der Waals surface area contributed by atoms with Crippen molar-refractivity contribution in [1.29, 1.82) is 0 Å². The lowest BCUT2D eigenvalue weighted by atomic mass is 10.1. The van der Waals surface area contributed by atoms with Gasteiger partial charge in [-0.1, -0.05) is 6.07 Å². The highest BCUT2D eigenvalue weighted by Gasteiger charge is 2.30. The quantitative estimate of drug-likeness (QED) is 0.536. The second-order valence-corrected chi connectivity index (χ2v) is 5.55. The molecule has 1 amide bonds. The molecule has 0 aliphatic carbocycles. The number of halogens is 3. The maximum atomic E-state index is 12.8. The fourth-order valence-corrected chi connectivity index (χ4v) is 2.46. The van der Waals surface area contributed by atoms with Crippen LogP contribution in [0.25, 0.3) is 10.9 Å². The Bertz CT molecular complexity index is 1120. The highest BCUT2D eigenvalue weighted by molar-refractivity contribution is 6.05. The van der Waals surface area contributed by atoms with E-state index in [0.717, 1.165) is 30.5 Å². The molecule has 0 aliphatic rings. The largest absolute Gasteiger partial charge is 0.416 e. The normalized spacial score (nSPS) is 11.4. The Morgan fingerprint density at radius 1 is 1.15 bits per heavy atom. The number of hydrogen-bond acceptors (Lipinski definition) is 4. The van der Waals surface area contributed by atoms with Crippen LogP contribution >= 0.6 is 0 Å². The molecule has 27 heavy (non-hydrogen) atoms. The first kappa shape index (κ1) is 18.1. The molecule has 10 heteroatoms. The SMILES string of the molecule is O=C(Nc1cccc([N+](=O)[O-])c1)c1c[nH]c2cc(C(F)(F)F)ccc2c1=O. The summed E-state index contributed by atoms with van der Waals surface area (Å²) in [6.07, 6.45) is -3.57. The summed E-state index contributed by atoms with van der Waals surface area (Å²) in [4.78, 5) is 37.4. The molecule has 0 bridgehead atoms. The van der Waals surface area contributed by atoms with Gasteiger partial charge < -0.3 is 10.3 Å². The minimum absolute atomic E-state index is 0.0678. The zero-order chi connectivity index (χ0) is 19.8. The third-order valence-corrected chi connectivity index (χ3v) is 3.77. The van der Waals surface area contributed by atoms with Gasteiger partial charge in [0.2, 0.25) is 5.43 Å². The molecule has 0 spiro atoms. The second-order valence-electron chi connectivity index (χ2n) is 5.55. The molecule has 1 aromatic heterocycles. The summed E-state index contributed by atoms with van der Waals surface area (Å²) in [6, 6.07) is 7.62. The van der Waals surface area contributed by atoms with Crippen LogP contribution in [0.5, 0.6) is 0 Å². The lowest BCUT2D eigenvalue weighted by molar-refractivity contribution is -0.384.